The van der Waals surface area contributed by atoms with E-state index in [0.717, 1.165) is 37.1 Å². The van der Waals surface area contributed by atoms with E-state index in [9.17, 15) is 8.42 Å². The first-order valence-electron chi connectivity index (χ1n) is 10.1. The van der Waals surface area contributed by atoms with E-state index in [0.29, 0.717) is 25.7 Å². The summed E-state index contributed by atoms with van der Waals surface area (Å²) in [4.78, 5) is 4.22. The van der Waals surface area contributed by atoms with Crippen LogP contribution in [0.15, 0.2) is 29.3 Å². The van der Waals surface area contributed by atoms with E-state index in [1.807, 2.05) is 38.1 Å². The van der Waals surface area contributed by atoms with Crippen molar-refractivity contribution in [3.05, 3.63) is 35.4 Å². The summed E-state index contributed by atoms with van der Waals surface area (Å²) in [6.45, 7) is 7.01. The highest BCUT2D eigenvalue weighted by Gasteiger charge is 2.16. The van der Waals surface area contributed by atoms with Gasteiger partial charge >= 0.3 is 0 Å². The molecule has 0 aliphatic carbocycles. The lowest BCUT2D eigenvalue weighted by atomic mass is 10.1. The molecule has 164 valence electrons. The fraction of sp³-hybridized carbons (Fsp3) is 0.650. The molecule has 1 heterocycles. The predicted octanol–water partition coefficient (Wildman–Crippen LogP) is 1.38. The first kappa shape index (κ1) is 23.6. The van der Waals surface area contributed by atoms with Crippen molar-refractivity contribution in [3.63, 3.8) is 0 Å². The minimum atomic E-state index is -3.37. The standard InChI is InChI=1S/C20H34N4O4S/c1-16(2)24-29(25,26)15-18-8-5-4-7-17(18)13-23-20(21-3)22-10-6-11-28-19-9-12-27-14-19/h4-5,7-8,16,19,24H,6,9-15H2,1-3H3,(H2,21,22,23). The van der Waals surface area contributed by atoms with Gasteiger partial charge in [0, 0.05) is 39.4 Å². The molecule has 1 fully saturated rings. The first-order chi connectivity index (χ1) is 13.9. The number of hydrogen-bond donors (Lipinski definition) is 3. The van der Waals surface area contributed by atoms with Crippen LogP contribution in [0.1, 0.15) is 37.8 Å². The van der Waals surface area contributed by atoms with Gasteiger partial charge in [0.1, 0.15) is 0 Å². The number of hydrogen-bond acceptors (Lipinski definition) is 5. The van der Waals surface area contributed by atoms with Gasteiger partial charge in [-0.2, -0.15) is 0 Å². The molecule has 0 amide bonds. The van der Waals surface area contributed by atoms with E-state index >= 15 is 0 Å². The van der Waals surface area contributed by atoms with Crippen molar-refractivity contribution in [3.8, 4) is 0 Å². The highest BCUT2D eigenvalue weighted by molar-refractivity contribution is 7.88. The van der Waals surface area contributed by atoms with Crippen LogP contribution in [0, 0.1) is 0 Å². The van der Waals surface area contributed by atoms with Crippen molar-refractivity contribution in [1.82, 2.24) is 15.4 Å². The summed E-state index contributed by atoms with van der Waals surface area (Å²) in [5.41, 5.74) is 1.70. The highest BCUT2D eigenvalue weighted by Crippen LogP contribution is 2.12. The zero-order valence-electron chi connectivity index (χ0n) is 17.6. The van der Waals surface area contributed by atoms with Gasteiger partial charge in [-0.3, -0.25) is 4.99 Å². The lowest BCUT2D eigenvalue weighted by Gasteiger charge is -2.15. The van der Waals surface area contributed by atoms with E-state index in [1.54, 1.807) is 7.05 Å². The van der Waals surface area contributed by atoms with Gasteiger partial charge in [0.2, 0.25) is 10.0 Å². The maximum Gasteiger partial charge on any atom is 0.216 e. The summed E-state index contributed by atoms with van der Waals surface area (Å²) in [6, 6.07) is 7.41. The number of nitrogens with zero attached hydrogens (tertiary/aromatic N) is 1. The SMILES string of the molecule is CN=C(NCCCOC1CCOC1)NCc1ccccc1CS(=O)(=O)NC(C)C. The number of rotatable bonds is 11. The summed E-state index contributed by atoms with van der Waals surface area (Å²) in [6.07, 6.45) is 2.07. The van der Waals surface area contributed by atoms with Crippen molar-refractivity contribution in [2.75, 3.05) is 33.4 Å². The van der Waals surface area contributed by atoms with Gasteiger partial charge in [0.15, 0.2) is 5.96 Å². The van der Waals surface area contributed by atoms with Crippen molar-refractivity contribution < 1.29 is 17.9 Å². The third kappa shape index (κ3) is 9.12. The van der Waals surface area contributed by atoms with Crippen LogP contribution in [0.5, 0.6) is 0 Å². The first-order valence-corrected chi connectivity index (χ1v) is 11.8. The Labute approximate surface area is 174 Å². The Balaban J connectivity index is 1.78. The largest absolute Gasteiger partial charge is 0.379 e. The molecule has 0 spiro atoms. The molecule has 9 heteroatoms. The van der Waals surface area contributed by atoms with Crippen LogP contribution in [-0.4, -0.2) is 59.9 Å². The molecule has 1 aromatic rings. The Bertz CT molecular complexity index is 747. The Morgan fingerprint density at radius 2 is 2.03 bits per heavy atom. The Kier molecular flexibility index (Phi) is 9.86. The molecular formula is C20H34N4O4S. The van der Waals surface area contributed by atoms with Gasteiger partial charge in [0.25, 0.3) is 0 Å². The summed E-state index contributed by atoms with van der Waals surface area (Å²) < 4.78 is 38.2. The van der Waals surface area contributed by atoms with Gasteiger partial charge in [-0.05, 0) is 37.8 Å². The molecule has 1 unspecified atom stereocenters. The molecule has 1 aromatic carbocycles. The molecule has 2 rings (SSSR count). The van der Waals surface area contributed by atoms with Gasteiger partial charge in [0.05, 0.1) is 18.5 Å². The van der Waals surface area contributed by atoms with Crippen molar-refractivity contribution in [2.24, 2.45) is 4.99 Å². The smallest absolute Gasteiger partial charge is 0.216 e. The van der Waals surface area contributed by atoms with Crippen LogP contribution >= 0.6 is 0 Å². The van der Waals surface area contributed by atoms with E-state index in [2.05, 4.69) is 20.3 Å². The highest BCUT2D eigenvalue weighted by atomic mass is 32.2. The third-order valence-corrected chi connectivity index (χ3v) is 5.93. The van der Waals surface area contributed by atoms with Gasteiger partial charge in [-0.25, -0.2) is 13.1 Å². The summed E-state index contributed by atoms with van der Waals surface area (Å²) in [5.74, 6) is 0.629. The second-order valence-corrected chi connectivity index (χ2v) is 9.12. The number of nitrogens with one attached hydrogen (secondary N) is 3. The van der Waals surface area contributed by atoms with Crippen molar-refractivity contribution in [1.29, 1.82) is 0 Å². The second-order valence-electron chi connectivity index (χ2n) is 7.36. The number of ether oxygens (including phenoxy) is 2. The van der Waals surface area contributed by atoms with Crippen LogP contribution in [-0.2, 0) is 31.8 Å². The number of guanidine groups is 1. The molecule has 0 bridgehead atoms. The molecule has 0 radical (unpaired) electrons. The van der Waals surface area contributed by atoms with Crippen molar-refractivity contribution >= 4 is 16.0 Å². The van der Waals surface area contributed by atoms with Gasteiger partial charge in [-0.15, -0.1) is 0 Å². The molecule has 29 heavy (non-hydrogen) atoms. The molecule has 8 nitrogen and oxygen atoms in total. The number of sulfonamides is 1. The molecule has 1 aliphatic rings. The quantitative estimate of drug-likeness (QED) is 0.281. The van der Waals surface area contributed by atoms with E-state index in [-0.39, 0.29) is 17.9 Å². The van der Waals surface area contributed by atoms with Crippen LogP contribution < -0.4 is 15.4 Å². The summed E-state index contributed by atoms with van der Waals surface area (Å²) in [5, 5.41) is 6.50. The predicted molar refractivity (Wildman–Crippen MR) is 115 cm³/mol. The van der Waals surface area contributed by atoms with E-state index in [1.165, 1.54) is 0 Å². The molecule has 0 saturated carbocycles. The lowest BCUT2D eigenvalue weighted by Crippen LogP contribution is -2.38. The fourth-order valence-corrected chi connectivity index (χ4v) is 4.54. The third-order valence-electron chi connectivity index (χ3n) is 4.40. The maximum absolute atomic E-state index is 12.3. The Morgan fingerprint density at radius 1 is 1.28 bits per heavy atom. The average Bonchev–Trinajstić information content (AvgIpc) is 3.17. The average molecular weight is 427 g/mol. The van der Waals surface area contributed by atoms with Gasteiger partial charge < -0.3 is 20.1 Å². The normalized spacial score (nSPS) is 17.7. The Morgan fingerprint density at radius 3 is 2.69 bits per heavy atom. The lowest BCUT2D eigenvalue weighted by molar-refractivity contribution is 0.0420. The molecule has 1 atom stereocenters. The second kappa shape index (κ2) is 12.1. The minimum Gasteiger partial charge on any atom is -0.379 e. The molecule has 1 saturated heterocycles. The number of aliphatic imine (C=N–C) groups is 1. The minimum absolute atomic E-state index is 0.0444. The van der Waals surface area contributed by atoms with Crippen molar-refractivity contribution in [2.45, 2.75) is 51.1 Å². The summed E-state index contributed by atoms with van der Waals surface area (Å²) >= 11 is 0. The number of benzene rings is 1. The van der Waals surface area contributed by atoms with Crippen LogP contribution in [0.4, 0.5) is 0 Å². The van der Waals surface area contributed by atoms with Crippen LogP contribution in [0.25, 0.3) is 0 Å². The topological polar surface area (TPSA) is 101 Å². The Hall–Kier alpha value is -1.68. The molecular weight excluding hydrogens is 392 g/mol. The van der Waals surface area contributed by atoms with Crippen LogP contribution in [0.3, 0.4) is 0 Å². The summed E-state index contributed by atoms with van der Waals surface area (Å²) in [7, 11) is -1.66. The maximum atomic E-state index is 12.3. The monoisotopic (exact) mass is 426 g/mol. The fourth-order valence-electron chi connectivity index (χ4n) is 3.05. The van der Waals surface area contributed by atoms with E-state index < -0.39 is 10.0 Å². The van der Waals surface area contributed by atoms with Crippen LogP contribution in [0.2, 0.25) is 0 Å². The van der Waals surface area contributed by atoms with E-state index in [4.69, 9.17) is 9.47 Å². The zero-order chi connectivity index (χ0) is 21.1. The molecule has 0 aromatic heterocycles. The van der Waals surface area contributed by atoms with Gasteiger partial charge in [-0.1, -0.05) is 24.3 Å². The molecule has 1 aliphatic heterocycles. The zero-order valence-corrected chi connectivity index (χ0v) is 18.4. The molecule has 3 N–H and O–H groups in total.